The summed E-state index contributed by atoms with van der Waals surface area (Å²) in [6, 6.07) is 10.1. The predicted molar refractivity (Wildman–Crippen MR) is 73.7 cm³/mol. The average molecular weight is 260 g/mol. The van der Waals surface area contributed by atoms with Gasteiger partial charge in [0.15, 0.2) is 11.6 Å². The zero-order valence-electron chi connectivity index (χ0n) is 10.9. The van der Waals surface area contributed by atoms with Gasteiger partial charge in [0.1, 0.15) is 5.82 Å². The van der Waals surface area contributed by atoms with Crippen molar-refractivity contribution in [3.63, 3.8) is 0 Å². The summed E-state index contributed by atoms with van der Waals surface area (Å²) in [5.74, 6) is 1.22. The minimum Gasteiger partial charge on any atom is -0.490 e. The summed E-state index contributed by atoms with van der Waals surface area (Å²) in [5.41, 5.74) is 0.994. The van der Waals surface area contributed by atoms with Crippen molar-refractivity contribution >= 4 is 5.82 Å². The van der Waals surface area contributed by atoms with E-state index in [2.05, 4.69) is 17.2 Å². The van der Waals surface area contributed by atoms with E-state index in [0.29, 0.717) is 19.0 Å². The van der Waals surface area contributed by atoms with Gasteiger partial charge in [0.05, 0.1) is 6.61 Å². The van der Waals surface area contributed by atoms with Crippen molar-refractivity contribution in [2.24, 2.45) is 0 Å². The molecular weight excluding hydrogens is 243 g/mol. The molecule has 2 rings (SSSR count). The maximum Gasteiger partial charge on any atom is 0.169 e. The molecule has 0 radical (unpaired) electrons. The van der Waals surface area contributed by atoms with Gasteiger partial charge in [-0.1, -0.05) is 19.1 Å². The smallest absolute Gasteiger partial charge is 0.169 e. The van der Waals surface area contributed by atoms with Gasteiger partial charge < -0.3 is 10.1 Å². The number of hydrogen-bond acceptors (Lipinski definition) is 3. The molecule has 4 heteroatoms. The summed E-state index contributed by atoms with van der Waals surface area (Å²) in [6.07, 6.45) is 2.66. The highest BCUT2D eigenvalue weighted by atomic mass is 19.1. The number of benzene rings is 1. The van der Waals surface area contributed by atoms with Crippen molar-refractivity contribution < 1.29 is 9.13 Å². The highest BCUT2D eigenvalue weighted by Crippen LogP contribution is 2.21. The Balaban J connectivity index is 2.00. The van der Waals surface area contributed by atoms with Crippen molar-refractivity contribution in [3.8, 4) is 5.75 Å². The summed E-state index contributed by atoms with van der Waals surface area (Å²) in [4.78, 5) is 4.25. The van der Waals surface area contributed by atoms with Gasteiger partial charge in [-0.3, -0.25) is 0 Å². The molecule has 100 valence electrons. The minimum atomic E-state index is -0.228. The van der Waals surface area contributed by atoms with Gasteiger partial charge in [0, 0.05) is 12.7 Å². The molecule has 0 spiro atoms. The molecule has 19 heavy (non-hydrogen) atoms. The Morgan fingerprint density at radius 2 is 2.00 bits per heavy atom. The Labute approximate surface area is 112 Å². The van der Waals surface area contributed by atoms with Gasteiger partial charge in [-0.05, 0) is 36.2 Å². The lowest BCUT2D eigenvalue weighted by Crippen LogP contribution is -2.05. The van der Waals surface area contributed by atoms with Crippen LogP contribution in [0.2, 0.25) is 0 Å². The molecule has 1 aromatic carbocycles. The van der Waals surface area contributed by atoms with E-state index in [1.807, 2.05) is 12.1 Å². The molecule has 0 unspecified atom stereocenters. The van der Waals surface area contributed by atoms with Crippen LogP contribution in [-0.2, 0) is 6.54 Å². The number of rotatable bonds is 6. The van der Waals surface area contributed by atoms with Crippen molar-refractivity contribution in [2.75, 3.05) is 11.9 Å². The molecule has 0 fully saturated rings. The van der Waals surface area contributed by atoms with Gasteiger partial charge in [0.25, 0.3) is 0 Å². The first-order valence-corrected chi connectivity index (χ1v) is 6.35. The van der Waals surface area contributed by atoms with Crippen LogP contribution >= 0.6 is 0 Å². The van der Waals surface area contributed by atoms with Crippen LogP contribution in [0.3, 0.4) is 0 Å². The van der Waals surface area contributed by atoms with E-state index in [1.54, 1.807) is 18.3 Å². The van der Waals surface area contributed by atoms with E-state index in [1.165, 1.54) is 12.1 Å². The fraction of sp³-hybridized carbons (Fsp3) is 0.267. The van der Waals surface area contributed by atoms with Crippen molar-refractivity contribution in [1.82, 2.24) is 4.98 Å². The lowest BCUT2D eigenvalue weighted by molar-refractivity contribution is 0.318. The van der Waals surface area contributed by atoms with E-state index in [4.69, 9.17) is 4.74 Å². The molecule has 0 aliphatic heterocycles. The molecule has 3 nitrogen and oxygen atoms in total. The average Bonchev–Trinajstić information content (AvgIpc) is 2.45. The molecule has 0 aliphatic rings. The fourth-order valence-corrected chi connectivity index (χ4v) is 1.64. The molecule has 0 saturated heterocycles. The second-order valence-electron chi connectivity index (χ2n) is 4.18. The number of nitrogens with one attached hydrogen (secondary N) is 1. The first-order chi connectivity index (χ1) is 9.29. The molecule has 0 atom stereocenters. The lowest BCUT2D eigenvalue weighted by atomic mass is 10.2. The Bertz CT molecular complexity index is 514. The number of aromatic nitrogens is 1. The topological polar surface area (TPSA) is 34.1 Å². The Morgan fingerprint density at radius 1 is 1.21 bits per heavy atom. The minimum absolute atomic E-state index is 0.228. The molecule has 0 amide bonds. The number of halogens is 1. The molecule has 1 aromatic heterocycles. The highest BCUT2D eigenvalue weighted by Gasteiger charge is 2.03. The molecular formula is C15H17FN2O. The van der Waals surface area contributed by atoms with Crippen LogP contribution in [-0.4, -0.2) is 11.6 Å². The van der Waals surface area contributed by atoms with Gasteiger partial charge in [-0.15, -0.1) is 0 Å². The third-order valence-electron chi connectivity index (χ3n) is 2.61. The number of ether oxygens (including phenoxy) is 1. The molecule has 2 aromatic rings. The lowest BCUT2D eigenvalue weighted by Gasteiger charge is -2.11. The summed E-state index contributed by atoms with van der Waals surface area (Å²) < 4.78 is 18.4. The van der Waals surface area contributed by atoms with Crippen LogP contribution < -0.4 is 10.1 Å². The summed E-state index contributed by atoms with van der Waals surface area (Å²) >= 11 is 0. The standard InChI is InChI=1S/C15H17FN2O/c1-2-10-19-14-4-3-9-17-15(14)18-11-12-5-7-13(16)8-6-12/h3-9H,2,10-11H2,1H3,(H,17,18). The second kappa shape index (κ2) is 6.73. The zero-order valence-corrected chi connectivity index (χ0v) is 10.9. The van der Waals surface area contributed by atoms with Gasteiger partial charge >= 0.3 is 0 Å². The van der Waals surface area contributed by atoms with Crippen molar-refractivity contribution in [3.05, 3.63) is 54.0 Å². The predicted octanol–water partition coefficient (Wildman–Crippen LogP) is 3.62. The van der Waals surface area contributed by atoms with E-state index < -0.39 is 0 Å². The monoisotopic (exact) mass is 260 g/mol. The largest absolute Gasteiger partial charge is 0.490 e. The van der Waals surface area contributed by atoms with Crippen molar-refractivity contribution in [1.29, 1.82) is 0 Å². The van der Waals surface area contributed by atoms with Gasteiger partial charge in [-0.25, -0.2) is 9.37 Å². The molecule has 1 N–H and O–H groups in total. The van der Waals surface area contributed by atoms with Crippen LogP contribution in [0.25, 0.3) is 0 Å². The first kappa shape index (κ1) is 13.3. The summed E-state index contributed by atoms with van der Waals surface area (Å²) in [7, 11) is 0. The Morgan fingerprint density at radius 3 is 2.74 bits per heavy atom. The van der Waals surface area contributed by atoms with E-state index in [0.717, 1.165) is 17.7 Å². The molecule has 0 bridgehead atoms. The number of nitrogens with zero attached hydrogens (tertiary/aromatic N) is 1. The molecule has 1 heterocycles. The SMILES string of the molecule is CCCOc1cccnc1NCc1ccc(F)cc1. The van der Waals surface area contributed by atoms with Crippen LogP contribution in [0.4, 0.5) is 10.2 Å². The zero-order chi connectivity index (χ0) is 13.5. The summed E-state index contributed by atoms with van der Waals surface area (Å²) in [6.45, 7) is 3.30. The van der Waals surface area contributed by atoms with Gasteiger partial charge in [-0.2, -0.15) is 0 Å². The molecule has 0 aliphatic carbocycles. The van der Waals surface area contributed by atoms with Gasteiger partial charge in [0.2, 0.25) is 0 Å². The quantitative estimate of drug-likeness (QED) is 0.861. The van der Waals surface area contributed by atoms with E-state index >= 15 is 0 Å². The fourth-order valence-electron chi connectivity index (χ4n) is 1.64. The Kier molecular flexibility index (Phi) is 4.72. The molecule has 0 saturated carbocycles. The highest BCUT2D eigenvalue weighted by molar-refractivity contribution is 5.49. The maximum absolute atomic E-state index is 12.8. The maximum atomic E-state index is 12.8. The third-order valence-corrected chi connectivity index (χ3v) is 2.61. The third kappa shape index (κ3) is 3.95. The van der Waals surface area contributed by atoms with Crippen LogP contribution in [0.15, 0.2) is 42.6 Å². The number of pyridine rings is 1. The van der Waals surface area contributed by atoms with Crippen LogP contribution in [0.1, 0.15) is 18.9 Å². The first-order valence-electron chi connectivity index (χ1n) is 6.35. The number of hydrogen-bond donors (Lipinski definition) is 1. The van der Waals surface area contributed by atoms with E-state index in [-0.39, 0.29) is 5.82 Å². The van der Waals surface area contributed by atoms with Crippen LogP contribution in [0.5, 0.6) is 5.75 Å². The van der Waals surface area contributed by atoms with E-state index in [9.17, 15) is 4.39 Å². The summed E-state index contributed by atoms with van der Waals surface area (Å²) in [5, 5.41) is 3.20. The van der Waals surface area contributed by atoms with Crippen LogP contribution in [0, 0.1) is 5.82 Å². The van der Waals surface area contributed by atoms with Crippen molar-refractivity contribution in [2.45, 2.75) is 19.9 Å². The second-order valence-corrected chi connectivity index (χ2v) is 4.18. The Hall–Kier alpha value is -2.10. The normalized spacial score (nSPS) is 10.2. The number of anilines is 1.